The second-order valence-corrected chi connectivity index (χ2v) is 7.21. The molecule has 0 aliphatic rings. The highest BCUT2D eigenvalue weighted by Gasteiger charge is 2.02. The highest BCUT2D eigenvalue weighted by Crippen LogP contribution is 2.27. The zero-order valence-electron chi connectivity index (χ0n) is 16.0. The van der Waals surface area contributed by atoms with Crippen molar-refractivity contribution in [1.29, 1.82) is 0 Å². The summed E-state index contributed by atoms with van der Waals surface area (Å²) in [6.45, 7) is 0. The van der Waals surface area contributed by atoms with E-state index in [9.17, 15) is 0 Å². The largest absolute Gasteiger partial charge is 0.356 e. The Morgan fingerprint density at radius 3 is 1.48 bits per heavy atom. The van der Waals surface area contributed by atoms with E-state index in [2.05, 4.69) is 121 Å². The van der Waals surface area contributed by atoms with E-state index in [0.29, 0.717) is 0 Å². The van der Waals surface area contributed by atoms with Crippen molar-refractivity contribution in [3.05, 3.63) is 121 Å². The van der Waals surface area contributed by atoms with E-state index in [1.54, 1.807) is 0 Å². The molecule has 0 aliphatic carbocycles. The maximum atomic E-state index is 3.51. The van der Waals surface area contributed by atoms with E-state index < -0.39 is 0 Å². The molecule has 0 bridgehead atoms. The fourth-order valence-corrected chi connectivity index (χ4v) is 3.67. The van der Waals surface area contributed by atoms with Crippen LogP contribution in [0.25, 0.3) is 33.0 Å². The van der Waals surface area contributed by atoms with Crippen LogP contribution in [-0.2, 0) is 0 Å². The monoisotopic (exact) mass is 371 g/mol. The quantitative estimate of drug-likeness (QED) is 0.338. The molecule has 0 atom stereocenters. The van der Waals surface area contributed by atoms with E-state index in [0.717, 1.165) is 11.4 Å². The van der Waals surface area contributed by atoms with E-state index in [4.69, 9.17) is 0 Å². The lowest BCUT2D eigenvalue weighted by atomic mass is 10.0. The van der Waals surface area contributed by atoms with Gasteiger partial charge in [-0.1, -0.05) is 97.1 Å². The first-order chi connectivity index (χ1) is 14.3. The van der Waals surface area contributed by atoms with E-state index in [1.807, 2.05) is 6.07 Å². The first kappa shape index (κ1) is 17.3. The summed E-state index contributed by atoms with van der Waals surface area (Å²) in [6.07, 6.45) is 0. The Morgan fingerprint density at radius 1 is 0.345 bits per heavy atom. The predicted molar refractivity (Wildman–Crippen MR) is 125 cm³/mol. The van der Waals surface area contributed by atoms with Crippen molar-refractivity contribution in [3.8, 4) is 22.3 Å². The summed E-state index contributed by atoms with van der Waals surface area (Å²) < 4.78 is 0. The Hall–Kier alpha value is -3.84. The SMILES string of the molecule is c1ccc(-c2ccc(-c3ccc(Nc4ccc5ccccc5c4)cc3)cc2)cc1. The van der Waals surface area contributed by atoms with Gasteiger partial charge in [-0.15, -0.1) is 0 Å². The fourth-order valence-electron chi connectivity index (χ4n) is 3.67. The number of fused-ring (bicyclic) bond motifs is 1. The fraction of sp³-hybridized carbons (Fsp3) is 0. The molecule has 5 rings (SSSR count). The van der Waals surface area contributed by atoms with Crippen molar-refractivity contribution in [2.75, 3.05) is 5.32 Å². The second kappa shape index (κ2) is 7.65. The highest BCUT2D eigenvalue weighted by atomic mass is 14.9. The van der Waals surface area contributed by atoms with Gasteiger partial charge in [0.05, 0.1) is 0 Å². The molecule has 1 nitrogen and oxygen atoms in total. The Bertz CT molecular complexity index is 1240. The molecule has 5 aromatic carbocycles. The molecule has 138 valence electrons. The summed E-state index contributed by atoms with van der Waals surface area (Å²) in [5.41, 5.74) is 7.11. The molecule has 0 spiro atoms. The van der Waals surface area contributed by atoms with Crippen molar-refractivity contribution < 1.29 is 0 Å². The van der Waals surface area contributed by atoms with Crippen molar-refractivity contribution in [2.45, 2.75) is 0 Å². The van der Waals surface area contributed by atoms with Gasteiger partial charge in [-0.25, -0.2) is 0 Å². The van der Waals surface area contributed by atoms with Crippen molar-refractivity contribution >= 4 is 22.1 Å². The molecule has 0 saturated carbocycles. The number of hydrogen-bond acceptors (Lipinski definition) is 1. The van der Waals surface area contributed by atoms with Crippen LogP contribution in [-0.4, -0.2) is 0 Å². The summed E-state index contributed by atoms with van der Waals surface area (Å²) in [6, 6.07) is 42.7. The third-order valence-electron chi connectivity index (χ3n) is 5.25. The van der Waals surface area contributed by atoms with E-state index >= 15 is 0 Å². The zero-order valence-corrected chi connectivity index (χ0v) is 16.0. The van der Waals surface area contributed by atoms with Crippen LogP contribution in [0.1, 0.15) is 0 Å². The van der Waals surface area contributed by atoms with Gasteiger partial charge in [-0.3, -0.25) is 0 Å². The van der Waals surface area contributed by atoms with E-state index in [-0.39, 0.29) is 0 Å². The number of nitrogens with one attached hydrogen (secondary N) is 1. The summed E-state index contributed by atoms with van der Waals surface area (Å²) in [4.78, 5) is 0. The number of benzene rings is 5. The molecule has 29 heavy (non-hydrogen) atoms. The summed E-state index contributed by atoms with van der Waals surface area (Å²) in [5, 5.41) is 6.01. The second-order valence-electron chi connectivity index (χ2n) is 7.21. The topological polar surface area (TPSA) is 12.0 Å². The van der Waals surface area contributed by atoms with Crippen molar-refractivity contribution in [1.82, 2.24) is 0 Å². The first-order valence-corrected chi connectivity index (χ1v) is 9.87. The highest BCUT2D eigenvalue weighted by molar-refractivity contribution is 5.86. The molecule has 0 aliphatic heterocycles. The average molecular weight is 371 g/mol. The summed E-state index contributed by atoms with van der Waals surface area (Å²) in [5.74, 6) is 0. The Kier molecular flexibility index (Phi) is 4.56. The Morgan fingerprint density at radius 2 is 0.828 bits per heavy atom. The third kappa shape index (κ3) is 3.76. The minimum atomic E-state index is 1.09. The molecular weight excluding hydrogens is 350 g/mol. The summed E-state index contributed by atoms with van der Waals surface area (Å²) >= 11 is 0. The molecule has 0 fully saturated rings. The first-order valence-electron chi connectivity index (χ1n) is 9.87. The van der Waals surface area contributed by atoms with Crippen molar-refractivity contribution in [3.63, 3.8) is 0 Å². The maximum absolute atomic E-state index is 3.51. The van der Waals surface area contributed by atoms with Gasteiger partial charge in [0.15, 0.2) is 0 Å². The van der Waals surface area contributed by atoms with Crippen LogP contribution in [0.5, 0.6) is 0 Å². The molecule has 0 aromatic heterocycles. The molecule has 1 N–H and O–H groups in total. The molecule has 1 heteroatoms. The average Bonchev–Trinajstić information content (AvgIpc) is 2.80. The molecule has 0 amide bonds. The van der Waals surface area contributed by atoms with Gasteiger partial charge in [0.25, 0.3) is 0 Å². The number of anilines is 2. The van der Waals surface area contributed by atoms with Gasteiger partial charge >= 0.3 is 0 Å². The molecule has 5 aromatic rings. The van der Waals surface area contributed by atoms with Crippen molar-refractivity contribution in [2.24, 2.45) is 0 Å². The van der Waals surface area contributed by atoms with Gasteiger partial charge in [-0.2, -0.15) is 0 Å². The Labute approximate surface area is 171 Å². The Balaban J connectivity index is 1.34. The smallest absolute Gasteiger partial charge is 0.0390 e. The van der Waals surface area contributed by atoms with Crippen LogP contribution in [0, 0.1) is 0 Å². The van der Waals surface area contributed by atoms with Gasteiger partial charge < -0.3 is 5.32 Å². The van der Waals surface area contributed by atoms with Crippen LogP contribution in [0.15, 0.2) is 121 Å². The van der Waals surface area contributed by atoms with Crippen LogP contribution in [0.2, 0.25) is 0 Å². The van der Waals surface area contributed by atoms with Crippen LogP contribution < -0.4 is 5.32 Å². The number of rotatable bonds is 4. The van der Waals surface area contributed by atoms with Gasteiger partial charge in [0.2, 0.25) is 0 Å². The standard InChI is InChI=1S/C28H21N/c1-2-6-21(7-3-1)23-10-12-24(13-11-23)25-14-17-27(18-15-25)29-28-19-16-22-8-4-5-9-26(22)20-28/h1-20,29H. The normalized spacial score (nSPS) is 10.8. The number of hydrogen-bond donors (Lipinski definition) is 1. The van der Waals surface area contributed by atoms with Crippen LogP contribution >= 0.6 is 0 Å². The minimum Gasteiger partial charge on any atom is -0.356 e. The van der Waals surface area contributed by atoms with Crippen LogP contribution in [0.4, 0.5) is 11.4 Å². The lowest BCUT2D eigenvalue weighted by Gasteiger charge is -2.09. The molecule has 0 saturated heterocycles. The minimum absolute atomic E-state index is 1.09. The van der Waals surface area contributed by atoms with Gasteiger partial charge in [0.1, 0.15) is 0 Å². The summed E-state index contributed by atoms with van der Waals surface area (Å²) in [7, 11) is 0. The lowest BCUT2D eigenvalue weighted by molar-refractivity contribution is 1.55. The molecule has 0 heterocycles. The molecular formula is C28H21N. The molecule has 0 radical (unpaired) electrons. The lowest BCUT2D eigenvalue weighted by Crippen LogP contribution is -1.90. The van der Waals surface area contributed by atoms with Gasteiger partial charge in [-0.05, 0) is 57.3 Å². The van der Waals surface area contributed by atoms with Crippen LogP contribution in [0.3, 0.4) is 0 Å². The third-order valence-corrected chi connectivity index (χ3v) is 5.25. The predicted octanol–water partition coefficient (Wildman–Crippen LogP) is 7.92. The zero-order chi connectivity index (χ0) is 19.5. The van der Waals surface area contributed by atoms with Gasteiger partial charge in [0, 0.05) is 11.4 Å². The maximum Gasteiger partial charge on any atom is 0.0390 e. The van der Waals surface area contributed by atoms with E-state index in [1.165, 1.54) is 33.0 Å². The molecule has 0 unspecified atom stereocenters.